The number of halogens is 1. The average molecular weight is 218 g/mol. The second-order valence-electron chi connectivity index (χ2n) is 3.03. The first-order valence-corrected chi connectivity index (χ1v) is 5.34. The largest absolute Gasteiger partial charge is 0.495 e. The van der Waals surface area contributed by atoms with Crippen LogP contribution in [0.3, 0.4) is 0 Å². The molecule has 0 aliphatic rings. The maximum atomic E-state index is 12.8. The molecular weight excluding hydrogens is 207 g/mol. The number of benzene rings is 1. The van der Waals surface area contributed by atoms with Crippen LogP contribution in [0.15, 0.2) is 17.0 Å². The molecule has 0 N–H and O–H groups in total. The van der Waals surface area contributed by atoms with Gasteiger partial charge in [-0.1, -0.05) is 0 Å². The van der Waals surface area contributed by atoms with Gasteiger partial charge in [0.1, 0.15) is 10.6 Å². The van der Waals surface area contributed by atoms with Gasteiger partial charge < -0.3 is 4.74 Å². The zero-order chi connectivity index (χ0) is 10.9. The molecule has 0 saturated heterocycles. The highest BCUT2D eigenvalue weighted by molar-refractivity contribution is 7.86. The zero-order valence-corrected chi connectivity index (χ0v) is 8.98. The van der Waals surface area contributed by atoms with Crippen LogP contribution in [0.5, 0.6) is 5.75 Å². The van der Waals surface area contributed by atoms with Crippen molar-refractivity contribution < 1.29 is 17.0 Å². The minimum Gasteiger partial charge on any atom is -0.495 e. The lowest BCUT2D eigenvalue weighted by Crippen LogP contribution is -1.99. The standard InChI is InChI=1S/C9H11FO3S/c1-6-4-8(13-3)9(5-7(6)2)14(10,11)12/h4-5H,1-3H3. The Morgan fingerprint density at radius 1 is 1.21 bits per heavy atom. The number of aryl methyl sites for hydroxylation is 2. The summed E-state index contributed by atoms with van der Waals surface area (Å²) >= 11 is 0. The fourth-order valence-electron chi connectivity index (χ4n) is 1.11. The molecule has 0 atom stereocenters. The Bertz CT molecular complexity index is 451. The van der Waals surface area contributed by atoms with E-state index in [1.807, 2.05) is 0 Å². The topological polar surface area (TPSA) is 43.4 Å². The Labute approximate surface area is 82.7 Å². The molecule has 1 aromatic carbocycles. The summed E-state index contributed by atoms with van der Waals surface area (Å²) in [5.74, 6) is 0.0376. The first-order chi connectivity index (χ1) is 6.36. The molecule has 0 amide bonds. The molecule has 0 saturated carbocycles. The van der Waals surface area contributed by atoms with Crippen molar-refractivity contribution in [3.05, 3.63) is 23.3 Å². The van der Waals surface area contributed by atoms with Gasteiger partial charge in [-0.25, -0.2) is 0 Å². The van der Waals surface area contributed by atoms with Crippen LogP contribution in [0.2, 0.25) is 0 Å². The Morgan fingerprint density at radius 3 is 2.14 bits per heavy atom. The van der Waals surface area contributed by atoms with E-state index in [1.165, 1.54) is 19.2 Å². The van der Waals surface area contributed by atoms with Crippen LogP contribution >= 0.6 is 0 Å². The Kier molecular flexibility index (Phi) is 2.80. The molecule has 1 rings (SSSR count). The van der Waals surface area contributed by atoms with Gasteiger partial charge >= 0.3 is 10.2 Å². The van der Waals surface area contributed by atoms with E-state index < -0.39 is 15.1 Å². The molecule has 14 heavy (non-hydrogen) atoms. The minimum absolute atomic E-state index is 0.0376. The van der Waals surface area contributed by atoms with E-state index in [0.29, 0.717) is 5.56 Å². The van der Waals surface area contributed by atoms with Crippen LogP contribution < -0.4 is 4.74 Å². The summed E-state index contributed by atoms with van der Waals surface area (Å²) in [6.07, 6.45) is 0. The molecule has 0 radical (unpaired) electrons. The Hall–Kier alpha value is -1.10. The summed E-state index contributed by atoms with van der Waals surface area (Å²) in [7, 11) is -3.41. The summed E-state index contributed by atoms with van der Waals surface area (Å²) in [5.41, 5.74) is 1.57. The highest BCUT2D eigenvalue weighted by Gasteiger charge is 2.19. The van der Waals surface area contributed by atoms with Crippen molar-refractivity contribution in [3.8, 4) is 5.75 Å². The lowest BCUT2D eigenvalue weighted by Gasteiger charge is -2.08. The minimum atomic E-state index is -4.71. The van der Waals surface area contributed by atoms with E-state index >= 15 is 0 Å². The van der Waals surface area contributed by atoms with E-state index in [0.717, 1.165) is 5.56 Å². The van der Waals surface area contributed by atoms with Crippen molar-refractivity contribution in [2.24, 2.45) is 0 Å². The van der Waals surface area contributed by atoms with Crippen LogP contribution in [0, 0.1) is 13.8 Å². The zero-order valence-electron chi connectivity index (χ0n) is 8.17. The highest BCUT2D eigenvalue weighted by Crippen LogP contribution is 2.28. The van der Waals surface area contributed by atoms with Crippen LogP contribution in [0.4, 0.5) is 3.89 Å². The number of methoxy groups -OCH3 is 1. The van der Waals surface area contributed by atoms with E-state index in [2.05, 4.69) is 0 Å². The first kappa shape index (κ1) is 11.0. The molecule has 0 aliphatic carbocycles. The monoisotopic (exact) mass is 218 g/mol. The molecule has 3 nitrogen and oxygen atoms in total. The normalized spacial score (nSPS) is 11.4. The van der Waals surface area contributed by atoms with E-state index in [4.69, 9.17) is 4.74 Å². The SMILES string of the molecule is COc1cc(C)c(C)cc1S(=O)(=O)F. The molecule has 1 aromatic rings. The molecule has 5 heteroatoms. The number of rotatable bonds is 2. The third-order valence-electron chi connectivity index (χ3n) is 2.04. The maximum Gasteiger partial charge on any atom is 0.335 e. The van der Waals surface area contributed by atoms with Crippen molar-refractivity contribution in [3.63, 3.8) is 0 Å². The molecule has 0 bridgehead atoms. The second-order valence-corrected chi connectivity index (χ2v) is 4.34. The summed E-state index contributed by atoms with van der Waals surface area (Å²) in [4.78, 5) is -0.414. The maximum absolute atomic E-state index is 12.8. The van der Waals surface area contributed by atoms with Gasteiger partial charge in [0.25, 0.3) is 0 Å². The van der Waals surface area contributed by atoms with Gasteiger partial charge in [-0.15, -0.1) is 3.89 Å². The second kappa shape index (κ2) is 3.57. The fourth-order valence-corrected chi connectivity index (χ4v) is 1.81. The third-order valence-corrected chi connectivity index (χ3v) is 2.89. The van der Waals surface area contributed by atoms with Crippen molar-refractivity contribution in [1.82, 2.24) is 0 Å². The van der Waals surface area contributed by atoms with E-state index in [9.17, 15) is 12.3 Å². The molecule has 0 unspecified atom stereocenters. The van der Waals surface area contributed by atoms with Crippen LogP contribution in [0.1, 0.15) is 11.1 Å². The first-order valence-electron chi connectivity index (χ1n) is 3.96. The lowest BCUT2D eigenvalue weighted by atomic mass is 10.1. The third kappa shape index (κ3) is 2.04. The van der Waals surface area contributed by atoms with E-state index in [-0.39, 0.29) is 5.75 Å². The van der Waals surface area contributed by atoms with Crippen molar-refractivity contribution >= 4 is 10.2 Å². The molecule has 0 aromatic heterocycles. The van der Waals surface area contributed by atoms with Gasteiger partial charge in [0.2, 0.25) is 0 Å². The molecule has 0 spiro atoms. The van der Waals surface area contributed by atoms with Gasteiger partial charge in [0.05, 0.1) is 7.11 Å². The predicted molar refractivity (Wildman–Crippen MR) is 50.8 cm³/mol. The number of hydrogen-bond donors (Lipinski definition) is 0. The molecular formula is C9H11FO3S. The number of hydrogen-bond acceptors (Lipinski definition) is 3. The Balaban J connectivity index is 3.51. The lowest BCUT2D eigenvalue weighted by molar-refractivity contribution is 0.400. The van der Waals surface area contributed by atoms with Gasteiger partial charge in [0, 0.05) is 0 Å². The van der Waals surface area contributed by atoms with E-state index in [1.54, 1.807) is 13.8 Å². The van der Waals surface area contributed by atoms with Crippen LogP contribution in [-0.2, 0) is 10.2 Å². The summed E-state index contributed by atoms with van der Waals surface area (Å²) in [6.45, 7) is 3.51. The smallest absolute Gasteiger partial charge is 0.335 e. The Morgan fingerprint density at radius 2 is 1.71 bits per heavy atom. The van der Waals surface area contributed by atoms with Crippen molar-refractivity contribution in [1.29, 1.82) is 0 Å². The van der Waals surface area contributed by atoms with Crippen LogP contribution in [-0.4, -0.2) is 15.5 Å². The fraction of sp³-hybridized carbons (Fsp3) is 0.333. The summed E-state index contributed by atoms with van der Waals surface area (Å²) in [5, 5.41) is 0. The van der Waals surface area contributed by atoms with Crippen molar-refractivity contribution in [2.45, 2.75) is 18.7 Å². The molecule has 0 aliphatic heterocycles. The predicted octanol–water partition coefficient (Wildman–Crippen LogP) is 1.97. The highest BCUT2D eigenvalue weighted by atomic mass is 32.3. The van der Waals surface area contributed by atoms with Crippen LogP contribution in [0.25, 0.3) is 0 Å². The molecule has 0 heterocycles. The van der Waals surface area contributed by atoms with Gasteiger partial charge in [0.15, 0.2) is 0 Å². The molecule has 78 valence electrons. The average Bonchev–Trinajstić information content (AvgIpc) is 2.07. The summed E-state index contributed by atoms with van der Waals surface area (Å²) in [6, 6.07) is 2.77. The summed E-state index contributed by atoms with van der Waals surface area (Å²) < 4.78 is 39.0. The van der Waals surface area contributed by atoms with Crippen molar-refractivity contribution in [2.75, 3.05) is 7.11 Å². The number of ether oxygens (including phenoxy) is 1. The quantitative estimate of drug-likeness (QED) is 0.713. The molecule has 0 fully saturated rings. The van der Waals surface area contributed by atoms with Gasteiger partial charge in [-0.05, 0) is 37.1 Å². The van der Waals surface area contributed by atoms with Gasteiger partial charge in [-0.2, -0.15) is 8.42 Å². The van der Waals surface area contributed by atoms with Gasteiger partial charge in [-0.3, -0.25) is 0 Å².